The quantitative estimate of drug-likeness (QED) is 0.621. The summed E-state index contributed by atoms with van der Waals surface area (Å²) < 4.78 is 49.3. The summed E-state index contributed by atoms with van der Waals surface area (Å²) in [7, 11) is 0. The van der Waals surface area contributed by atoms with Crippen LogP contribution in [0.4, 0.5) is 13.2 Å². The lowest BCUT2D eigenvalue weighted by Crippen LogP contribution is -2.05. The number of carbonyl (C=O) groups is 1. The summed E-state index contributed by atoms with van der Waals surface area (Å²) in [5.41, 5.74) is -0.452. The molecule has 0 aliphatic heterocycles. The lowest BCUT2D eigenvalue weighted by atomic mass is 10.2. The van der Waals surface area contributed by atoms with E-state index in [1.165, 1.54) is 12.1 Å². The zero-order valence-electron chi connectivity index (χ0n) is 13.5. The Hall–Kier alpha value is -3.00. The topological polar surface area (TPSA) is 72.6 Å². The first kappa shape index (κ1) is 18.8. The fourth-order valence-electron chi connectivity index (χ4n) is 2.23. The summed E-state index contributed by atoms with van der Waals surface area (Å²) >= 11 is 5.82. The maximum absolute atomic E-state index is 12.8. The minimum atomic E-state index is -4.54. The van der Waals surface area contributed by atoms with Gasteiger partial charge in [-0.05, 0) is 42.5 Å². The minimum Gasteiger partial charge on any atom is -0.481 e. The number of benzene rings is 2. The van der Waals surface area contributed by atoms with E-state index in [0.717, 1.165) is 12.1 Å². The van der Waals surface area contributed by atoms with E-state index in [4.69, 9.17) is 25.9 Å². The molecule has 27 heavy (non-hydrogen) atoms. The molecule has 1 heterocycles. The first-order valence-corrected chi connectivity index (χ1v) is 7.93. The standard InChI is InChI=1S/C18H11ClF3NO4/c19-12-6-4-10(5-7-12)16-23-14(9-15(24)25)17(27-16)26-13-3-1-2-11(8-13)18(20,21)22/h1-8H,9H2,(H,24,25). The third-order valence-electron chi connectivity index (χ3n) is 3.44. The molecular weight excluding hydrogens is 387 g/mol. The van der Waals surface area contributed by atoms with Crippen molar-refractivity contribution < 1.29 is 32.2 Å². The van der Waals surface area contributed by atoms with Gasteiger partial charge in [-0.25, -0.2) is 4.98 Å². The lowest BCUT2D eigenvalue weighted by Gasteiger charge is -2.08. The predicted octanol–water partition coefficient (Wildman–Crippen LogP) is 5.43. The molecule has 0 aliphatic rings. The molecule has 0 radical (unpaired) electrons. The van der Waals surface area contributed by atoms with Crippen molar-refractivity contribution in [1.29, 1.82) is 0 Å². The highest BCUT2D eigenvalue weighted by molar-refractivity contribution is 6.30. The van der Waals surface area contributed by atoms with Crippen molar-refractivity contribution in [1.82, 2.24) is 4.98 Å². The second-order valence-electron chi connectivity index (χ2n) is 5.46. The molecular formula is C18H11ClF3NO4. The van der Waals surface area contributed by atoms with Crippen LogP contribution in [0.25, 0.3) is 11.5 Å². The number of alkyl halides is 3. The first-order valence-electron chi connectivity index (χ1n) is 7.55. The van der Waals surface area contributed by atoms with Crippen molar-refractivity contribution >= 4 is 17.6 Å². The summed E-state index contributed by atoms with van der Waals surface area (Å²) in [5, 5.41) is 9.50. The van der Waals surface area contributed by atoms with E-state index < -0.39 is 24.1 Å². The van der Waals surface area contributed by atoms with Crippen molar-refractivity contribution in [2.24, 2.45) is 0 Å². The maximum atomic E-state index is 12.8. The van der Waals surface area contributed by atoms with Gasteiger partial charge in [0.2, 0.25) is 5.89 Å². The van der Waals surface area contributed by atoms with Crippen molar-refractivity contribution in [3.05, 3.63) is 64.8 Å². The molecule has 0 saturated heterocycles. The monoisotopic (exact) mass is 397 g/mol. The molecule has 140 valence electrons. The lowest BCUT2D eigenvalue weighted by molar-refractivity contribution is -0.138. The molecule has 0 fully saturated rings. The number of hydrogen-bond donors (Lipinski definition) is 1. The Labute approximate surface area is 156 Å². The van der Waals surface area contributed by atoms with E-state index in [2.05, 4.69) is 4.98 Å². The second kappa shape index (κ2) is 7.32. The first-order chi connectivity index (χ1) is 12.7. The van der Waals surface area contributed by atoms with Crippen molar-refractivity contribution in [3.63, 3.8) is 0 Å². The Morgan fingerprint density at radius 1 is 1.19 bits per heavy atom. The van der Waals surface area contributed by atoms with E-state index in [-0.39, 0.29) is 23.3 Å². The molecule has 0 unspecified atom stereocenters. The van der Waals surface area contributed by atoms with Crippen molar-refractivity contribution in [2.45, 2.75) is 12.6 Å². The van der Waals surface area contributed by atoms with Crippen LogP contribution in [-0.2, 0) is 17.4 Å². The molecule has 9 heteroatoms. The Bertz CT molecular complexity index is 967. The average molecular weight is 398 g/mol. The van der Waals surface area contributed by atoms with E-state index in [1.807, 2.05) is 0 Å². The summed E-state index contributed by atoms with van der Waals surface area (Å²) in [6, 6.07) is 10.5. The van der Waals surface area contributed by atoms with Crippen LogP contribution >= 0.6 is 11.6 Å². The second-order valence-corrected chi connectivity index (χ2v) is 5.89. The Morgan fingerprint density at radius 3 is 2.52 bits per heavy atom. The smallest absolute Gasteiger partial charge is 0.416 e. The third-order valence-corrected chi connectivity index (χ3v) is 3.70. The van der Waals surface area contributed by atoms with E-state index >= 15 is 0 Å². The fourth-order valence-corrected chi connectivity index (χ4v) is 2.36. The van der Waals surface area contributed by atoms with Gasteiger partial charge in [-0.15, -0.1) is 0 Å². The highest BCUT2D eigenvalue weighted by Crippen LogP contribution is 2.35. The van der Waals surface area contributed by atoms with Gasteiger partial charge in [0.25, 0.3) is 0 Å². The number of ether oxygens (including phenoxy) is 1. The van der Waals surface area contributed by atoms with Crippen LogP contribution < -0.4 is 4.74 Å². The summed E-state index contributed by atoms with van der Waals surface area (Å²) in [4.78, 5) is 15.1. The number of oxazole rings is 1. The van der Waals surface area contributed by atoms with E-state index in [1.54, 1.807) is 24.3 Å². The molecule has 3 rings (SSSR count). The van der Waals surface area contributed by atoms with E-state index in [9.17, 15) is 18.0 Å². The molecule has 1 aromatic heterocycles. The number of halogens is 4. The van der Waals surface area contributed by atoms with Gasteiger partial charge in [0, 0.05) is 10.6 Å². The van der Waals surface area contributed by atoms with Gasteiger partial charge < -0.3 is 14.3 Å². The van der Waals surface area contributed by atoms with Crippen LogP contribution in [0.15, 0.2) is 52.9 Å². The molecule has 0 aliphatic carbocycles. The number of aliphatic carboxylic acids is 1. The van der Waals surface area contributed by atoms with Crippen LogP contribution in [0, 0.1) is 0 Å². The number of rotatable bonds is 5. The highest BCUT2D eigenvalue weighted by atomic mass is 35.5. The summed E-state index contributed by atoms with van der Waals surface area (Å²) in [6.07, 6.45) is -5.06. The highest BCUT2D eigenvalue weighted by Gasteiger charge is 2.31. The van der Waals surface area contributed by atoms with E-state index in [0.29, 0.717) is 10.6 Å². The van der Waals surface area contributed by atoms with Crippen molar-refractivity contribution in [3.8, 4) is 23.1 Å². The van der Waals surface area contributed by atoms with Gasteiger partial charge in [0.05, 0.1) is 12.0 Å². The number of aromatic nitrogens is 1. The predicted molar refractivity (Wildman–Crippen MR) is 89.8 cm³/mol. The minimum absolute atomic E-state index is 0.0511. The number of nitrogens with zero attached hydrogens (tertiary/aromatic N) is 1. The summed E-state index contributed by atoms with van der Waals surface area (Å²) in [6.45, 7) is 0. The van der Waals surface area contributed by atoms with Gasteiger partial charge >= 0.3 is 18.1 Å². The van der Waals surface area contributed by atoms with Crippen LogP contribution in [0.5, 0.6) is 11.7 Å². The number of hydrogen-bond acceptors (Lipinski definition) is 4. The largest absolute Gasteiger partial charge is 0.481 e. The molecule has 0 amide bonds. The zero-order valence-corrected chi connectivity index (χ0v) is 14.2. The van der Waals surface area contributed by atoms with Crippen LogP contribution in [0.2, 0.25) is 5.02 Å². The molecule has 0 atom stereocenters. The SMILES string of the molecule is O=C(O)Cc1nc(-c2ccc(Cl)cc2)oc1Oc1cccc(C(F)(F)F)c1. The van der Waals surface area contributed by atoms with Crippen molar-refractivity contribution in [2.75, 3.05) is 0 Å². The van der Waals surface area contributed by atoms with Crippen LogP contribution in [0.3, 0.4) is 0 Å². The number of carboxylic acid groups (broad SMARTS) is 1. The average Bonchev–Trinajstić information content (AvgIpc) is 2.97. The third kappa shape index (κ3) is 4.59. The Balaban J connectivity index is 1.96. The molecule has 3 aromatic rings. The van der Waals surface area contributed by atoms with Gasteiger partial charge in [-0.1, -0.05) is 17.7 Å². The van der Waals surface area contributed by atoms with Gasteiger partial charge in [0.1, 0.15) is 11.4 Å². The Morgan fingerprint density at radius 2 is 1.89 bits per heavy atom. The molecule has 0 spiro atoms. The van der Waals surface area contributed by atoms with Crippen LogP contribution in [-0.4, -0.2) is 16.1 Å². The molecule has 0 saturated carbocycles. The fraction of sp³-hybridized carbons (Fsp3) is 0.111. The normalized spacial score (nSPS) is 11.4. The molecule has 0 bridgehead atoms. The van der Waals surface area contributed by atoms with Gasteiger partial charge in [0.15, 0.2) is 0 Å². The molecule has 1 N–H and O–H groups in total. The zero-order chi connectivity index (χ0) is 19.6. The Kier molecular flexibility index (Phi) is 5.09. The number of carboxylic acids is 1. The molecule has 2 aromatic carbocycles. The van der Waals surface area contributed by atoms with Gasteiger partial charge in [-0.3, -0.25) is 4.79 Å². The van der Waals surface area contributed by atoms with Crippen LogP contribution in [0.1, 0.15) is 11.3 Å². The maximum Gasteiger partial charge on any atom is 0.416 e. The van der Waals surface area contributed by atoms with Gasteiger partial charge in [-0.2, -0.15) is 13.2 Å². The molecule has 5 nitrogen and oxygen atoms in total. The summed E-state index contributed by atoms with van der Waals surface area (Å²) in [5.74, 6) is -1.58.